The van der Waals surface area contributed by atoms with Crippen LogP contribution in [0.5, 0.6) is 0 Å². The average molecular weight is 422 g/mol. The predicted molar refractivity (Wildman–Crippen MR) is 119 cm³/mol. The third-order valence-electron chi connectivity index (χ3n) is 5.35. The fourth-order valence-corrected chi connectivity index (χ4v) is 4.25. The first kappa shape index (κ1) is 20.0. The minimum atomic E-state index is -0.372. The summed E-state index contributed by atoms with van der Waals surface area (Å²) in [6.07, 6.45) is 5.80. The van der Waals surface area contributed by atoms with E-state index in [1.165, 1.54) is 6.07 Å². The lowest BCUT2D eigenvalue weighted by Crippen LogP contribution is -2.31. The molecule has 4 rings (SSSR count). The van der Waals surface area contributed by atoms with Gasteiger partial charge in [0.25, 0.3) is 5.69 Å². The standard InChI is InChI=1S/C22H23N5O2S/c1-2-3-13-26-21(20(24-22(26)30)18-10-4-5-12-23-18)19-11-7-14-25(19)16-8-6-9-17(15-16)27(28)29/h4-12,14-15,20-21H,2-3,13H2,1H3,(H,24,30)/t20-,21+/m0/s1. The molecule has 1 aliphatic rings. The zero-order valence-electron chi connectivity index (χ0n) is 16.6. The lowest BCUT2D eigenvalue weighted by Gasteiger charge is -2.28. The van der Waals surface area contributed by atoms with Gasteiger partial charge in [-0.15, -0.1) is 0 Å². The number of thiocarbonyl (C=S) groups is 1. The number of unbranched alkanes of at least 4 members (excludes halogenated alkanes) is 1. The summed E-state index contributed by atoms with van der Waals surface area (Å²) in [7, 11) is 0. The Morgan fingerprint density at radius 3 is 2.80 bits per heavy atom. The molecule has 2 aromatic heterocycles. The van der Waals surface area contributed by atoms with Crippen LogP contribution in [-0.4, -0.2) is 31.0 Å². The SMILES string of the molecule is CCCCN1C(=S)N[C@@H](c2ccccn2)[C@H]1c1cccn1-c1cccc([N+](=O)[O-])c1. The Morgan fingerprint density at radius 2 is 2.07 bits per heavy atom. The lowest BCUT2D eigenvalue weighted by molar-refractivity contribution is -0.384. The van der Waals surface area contributed by atoms with E-state index in [1.54, 1.807) is 18.3 Å². The normalized spacial score (nSPS) is 18.4. The maximum Gasteiger partial charge on any atom is 0.271 e. The number of nitrogens with zero attached hydrogens (tertiary/aromatic N) is 4. The van der Waals surface area contributed by atoms with Crippen LogP contribution in [0.2, 0.25) is 0 Å². The van der Waals surface area contributed by atoms with E-state index in [4.69, 9.17) is 12.2 Å². The van der Waals surface area contributed by atoms with E-state index in [9.17, 15) is 10.1 Å². The largest absolute Gasteiger partial charge is 0.352 e. The van der Waals surface area contributed by atoms with Gasteiger partial charge in [0.2, 0.25) is 0 Å². The monoisotopic (exact) mass is 421 g/mol. The molecule has 30 heavy (non-hydrogen) atoms. The summed E-state index contributed by atoms with van der Waals surface area (Å²) in [6.45, 7) is 2.99. The van der Waals surface area contributed by atoms with Crippen LogP contribution >= 0.6 is 12.2 Å². The van der Waals surface area contributed by atoms with Gasteiger partial charge in [-0.2, -0.15) is 0 Å². The molecule has 2 atom stereocenters. The fraction of sp³-hybridized carbons (Fsp3) is 0.273. The molecule has 1 aromatic carbocycles. The van der Waals surface area contributed by atoms with Crippen molar-refractivity contribution in [2.75, 3.05) is 6.54 Å². The molecule has 0 unspecified atom stereocenters. The Kier molecular flexibility index (Phi) is 5.76. The van der Waals surface area contributed by atoms with Gasteiger partial charge in [-0.05, 0) is 49.0 Å². The summed E-state index contributed by atoms with van der Waals surface area (Å²) >= 11 is 5.69. The number of nitro benzene ring substituents is 1. The number of non-ortho nitro benzene ring substituents is 1. The number of hydrogen-bond acceptors (Lipinski definition) is 4. The van der Waals surface area contributed by atoms with Crippen molar-refractivity contribution in [1.82, 2.24) is 19.8 Å². The van der Waals surface area contributed by atoms with Gasteiger partial charge >= 0.3 is 0 Å². The molecule has 8 heteroatoms. The summed E-state index contributed by atoms with van der Waals surface area (Å²) in [5.41, 5.74) is 2.74. The van der Waals surface area contributed by atoms with Crippen LogP contribution in [0, 0.1) is 10.1 Å². The molecule has 1 N–H and O–H groups in total. The molecule has 0 saturated carbocycles. The first-order chi connectivity index (χ1) is 14.6. The van der Waals surface area contributed by atoms with E-state index in [0.29, 0.717) is 5.11 Å². The zero-order chi connectivity index (χ0) is 21.1. The highest BCUT2D eigenvalue weighted by atomic mass is 32.1. The van der Waals surface area contributed by atoms with E-state index < -0.39 is 0 Å². The van der Waals surface area contributed by atoms with Gasteiger partial charge in [0.15, 0.2) is 5.11 Å². The van der Waals surface area contributed by atoms with Crippen molar-refractivity contribution in [2.24, 2.45) is 0 Å². The molecular formula is C22H23N5O2S. The van der Waals surface area contributed by atoms with Crippen molar-refractivity contribution in [3.05, 3.63) is 88.5 Å². The topological polar surface area (TPSA) is 76.2 Å². The molecule has 0 bridgehead atoms. The van der Waals surface area contributed by atoms with E-state index in [0.717, 1.165) is 36.5 Å². The fourth-order valence-electron chi connectivity index (χ4n) is 3.92. The van der Waals surface area contributed by atoms with Crippen LogP contribution in [-0.2, 0) is 0 Å². The van der Waals surface area contributed by atoms with Gasteiger partial charge in [-0.1, -0.05) is 25.5 Å². The second-order valence-corrected chi connectivity index (χ2v) is 7.64. The molecule has 0 aliphatic carbocycles. The van der Waals surface area contributed by atoms with Crippen molar-refractivity contribution in [1.29, 1.82) is 0 Å². The molecule has 0 amide bonds. The summed E-state index contributed by atoms with van der Waals surface area (Å²) in [6, 6.07) is 16.4. The van der Waals surface area contributed by atoms with E-state index >= 15 is 0 Å². The summed E-state index contributed by atoms with van der Waals surface area (Å²) in [4.78, 5) is 17.7. The van der Waals surface area contributed by atoms with Crippen molar-refractivity contribution in [2.45, 2.75) is 31.8 Å². The number of nitro groups is 1. The second kappa shape index (κ2) is 8.62. The second-order valence-electron chi connectivity index (χ2n) is 7.25. The van der Waals surface area contributed by atoms with E-state index in [2.05, 4.69) is 22.1 Å². The van der Waals surface area contributed by atoms with Crippen LogP contribution < -0.4 is 5.32 Å². The number of nitrogens with one attached hydrogen (secondary N) is 1. The zero-order valence-corrected chi connectivity index (χ0v) is 17.5. The summed E-state index contributed by atoms with van der Waals surface area (Å²) in [5.74, 6) is 0. The van der Waals surface area contributed by atoms with Crippen LogP contribution in [0.15, 0.2) is 67.0 Å². The van der Waals surface area contributed by atoms with E-state index in [1.807, 2.05) is 47.2 Å². The first-order valence-corrected chi connectivity index (χ1v) is 10.4. The maximum absolute atomic E-state index is 11.3. The Bertz CT molecular complexity index is 1050. The van der Waals surface area contributed by atoms with E-state index in [-0.39, 0.29) is 22.7 Å². The smallest absolute Gasteiger partial charge is 0.271 e. The summed E-state index contributed by atoms with van der Waals surface area (Å²) < 4.78 is 2.00. The van der Waals surface area contributed by atoms with Gasteiger partial charge < -0.3 is 14.8 Å². The predicted octanol–water partition coefficient (Wildman–Crippen LogP) is 4.55. The first-order valence-electron chi connectivity index (χ1n) is 10.00. The molecule has 1 fully saturated rings. The number of benzene rings is 1. The molecule has 0 spiro atoms. The minimum absolute atomic E-state index is 0.0660. The minimum Gasteiger partial charge on any atom is -0.352 e. The Balaban J connectivity index is 1.79. The van der Waals surface area contributed by atoms with Crippen molar-refractivity contribution < 1.29 is 4.92 Å². The van der Waals surface area contributed by atoms with Crippen molar-refractivity contribution in [3.8, 4) is 5.69 Å². The van der Waals surface area contributed by atoms with Crippen molar-refractivity contribution in [3.63, 3.8) is 0 Å². The Hall–Kier alpha value is -3.26. The van der Waals surface area contributed by atoms with Crippen LogP contribution in [0.1, 0.15) is 43.2 Å². The maximum atomic E-state index is 11.3. The van der Waals surface area contributed by atoms with Gasteiger partial charge in [0.05, 0.1) is 28.4 Å². The average Bonchev–Trinajstić information content (AvgIpc) is 3.37. The summed E-state index contributed by atoms with van der Waals surface area (Å²) in [5, 5.41) is 15.4. The van der Waals surface area contributed by atoms with Crippen LogP contribution in [0.4, 0.5) is 5.69 Å². The molecule has 3 heterocycles. The highest BCUT2D eigenvalue weighted by Crippen LogP contribution is 2.39. The third kappa shape index (κ3) is 3.78. The van der Waals surface area contributed by atoms with Crippen LogP contribution in [0.25, 0.3) is 5.69 Å². The van der Waals surface area contributed by atoms with Gasteiger partial charge in [0.1, 0.15) is 0 Å². The van der Waals surface area contributed by atoms with Gasteiger partial charge in [0, 0.05) is 36.8 Å². The molecular weight excluding hydrogens is 398 g/mol. The third-order valence-corrected chi connectivity index (χ3v) is 5.70. The quantitative estimate of drug-likeness (QED) is 0.343. The number of pyridine rings is 1. The lowest BCUT2D eigenvalue weighted by atomic mass is 10.0. The molecule has 0 radical (unpaired) electrons. The van der Waals surface area contributed by atoms with Crippen molar-refractivity contribution >= 4 is 23.0 Å². The number of aromatic nitrogens is 2. The molecule has 3 aromatic rings. The molecule has 1 aliphatic heterocycles. The highest BCUT2D eigenvalue weighted by Gasteiger charge is 2.40. The number of hydrogen-bond donors (Lipinski definition) is 1. The molecule has 1 saturated heterocycles. The van der Waals surface area contributed by atoms with Gasteiger partial charge in [-0.3, -0.25) is 15.1 Å². The van der Waals surface area contributed by atoms with Crippen LogP contribution in [0.3, 0.4) is 0 Å². The Labute approximate surface area is 180 Å². The number of rotatable bonds is 7. The van der Waals surface area contributed by atoms with Gasteiger partial charge in [-0.25, -0.2) is 0 Å². The highest BCUT2D eigenvalue weighted by molar-refractivity contribution is 7.80. The molecule has 7 nitrogen and oxygen atoms in total. The molecule has 154 valence electrons. The Morgan fingerprint density at radius 1 is 1.20 bits per heavy atom.